The van der Waals surface area contributed by atoms with Crippen LogP contribution in [0.2, 0.25) is 0 Å². The quantitative estimate of drug-likeness (QED) is 0.788. The number of nitrogens with zero attached hydrogens (tertiary/aromatic N) is 1. The lowest BCUT2D eigenvalue weighted by molar-refractivity contribution is 0.600. The molecule has 2 N–H and O–H groups in total. The van der Waals surface area contributed by atoms with Crippen molar-refractivity contribution in [2.24, 2.45) is 5.14 Å². The third-order valence-electron chi connectivity index (χ3n) is 2.79. The van der Waals surface area contributed by atoms with Crippen molar-refractivity contribution in [1.29, 1.82) is 0 Å². The molecule has 0 amide bonds. The van der Waals surface area contributed by atoms with Crippen molar-refractivity contribution >= 4 is 31.4 Å². The van der Waals surface area contributed by atoms with E-state index in [0.29, 0.717) is 0 Å². The van der Waals surface area contributed by atoms with Crippen LogP contribution in [0.3, 0.4) is 0 Å². The van der Waals surface area contributed by atoms with Crippen molar-refractivity contribution in [3.05, 3.63) is 48.8 Å². The van der Waals surface area contributed by atoms with Gasteiger partial charge in [-0.3, -0.25) is 4.98 Å². The Hall–Kier alpha value is -1.76. The van der Waals surface area contributed by atoms with Crippen LogP contribution in [0.1, 0.15) is 0 Å². The van der Waals surface area contributed by atoms with Crippen LogP contribution in [0.25, 0.3) is 21.2 Å². The highest BCUT2D eigenvalue weighted by atomic mass is 32.2. The van der Waals surface area contributed by atoms with Gasteiger partial charge in [0.05, 0.1) is 0 Å². The summed E-state index contributed by atoms with van der Waals surface area (Å²) in [6.45, 7) is 0. The van der Waals surface area contributed by atoms with Gasteiger partial charge in [0.1, 0.15) is 4.21 Å². The molecule has 3 rings (SSSR count). The van der Waals surface area contributed by atoms with Crippen LogP contribution in [0.4, 0.5) is 0 Å². The van der Waals surface area contributed by atoms with Crippen LogP contribution in [-0.4, -0.2) is 13.4 Å². The lowest BCUT2D eigenvalue weighted by Gasteiger charge is -2.02. The van der Waals surface area contributed by atoms with E-state index >= 15 is 0 Å². The van der Waals surface area contributed by atoms with Crippen molar-refractivity contribution in [3.8, 4) is 11.1 Å². The highest BCUT2D eigenvalue weighted by Crippen LogP contribution is 2.35. The predicted octanol–water partition coefficient (Wildman–Crippen LogP) is 2.61. The predicted molar refractivity (Wildman–Crippen MR) is 76.4 cm³/mol. The molecule has 0 radical (unpaired) electrons. The molecular weight excluding hydrogens is 280 g/mol. The molecule has 0 bridgehead atoms. The van der Waals surface area contributed by atoms with E-state index in [1.54, 1.807) is 18.5 Å². The Balaban J connectivity index is 2.30. The number of benzene rings is 1. The van der Waals surface area contributed by atoms with Gasteiger partial charge in [-0.1, -0.05) is 18.2 Å². The second-order valence-corrected chi connectivity index (χ2v) is 6.91. The number of fused-ring (bicyclic) bond motifs is 1. The molecule has 0 saturated heterocycles. The summed E-state index contributed by atoms with van der Waals surface area (Å²) in [6.07, 6.45) is 3.42. The number of primary sulfonamides is 1. The highest BCUT2D eigenvalue weighted by Gasteiger charge is 2.14. The van der Waals surface area contributed by atoms with E-state index in [0.717, 1.165) is 21.2 Å². The van der Waals surface area contributed by atoms with E-state index in [-0.39, 0.29) is 4.21 Å². The third kappa shape index (κ3) is 2.25. The highest BCUT2D eigenvalue weighted by molar-refractivity contribution is 7.91. The minimum absolute atomic E-state index is 0.184. The van der Waals surface area contributed by atoms with Crippen LogP contribution < -0.4 is 5.14 Å². The first-order chi connectivity index (χ1) is 9.05. The molecule has 19 heavy (non-hydrogen) atoms. The van der Waals surface area contributed by atoms with Crippen molar-refractivity contribution in [2.45, 2.75) is 4.21 Å². The normalized spacial score (nSPS) is 11.8. The monoisotopic (exact) mass is 290 g/mol. The van der Waals surface area contributed by atoms with E-state index in [1.807, 2.05) is 30.3 Å². The molecule has 2 aromatic heterocycles. The summed E-state index contributed by atoms with van der Waals surface area (Å²) in [4.78, 5) is 3.98. The van der Waals surface area contributed by atoms with Gasteiger partial charge in [0.15, 0.2) is 0 Å². The Morgan fingerprint density at radius 2 is 1.84 bits per heavy atom. The smallest absolute Gasteiger partial charge is 0.247 e. The number of hydrogen-bond acceptors (Lipinski definition) is 4. The summed E-state index contributed by atoms with van der Waals surface area (Å²) in [6, 6.07) is 11.1. The first kappa shape index (κ1) is 12.3. The second kappa shape index (κ2) is 4.41. The summed E-state index contributed by atoms with van der Waals surface area (Å²) < 4.78 is 24.0. The number of nitrogens with two attached hydrogens (primary N) is 1. The van der Waals surface area contributed by atoms with Gasteiger partial charge >= 0.3 is 0 Å². The third-order valence-corrected chi connectivity index (χ3v) is 5.40. The van der Waals surface area contributed by atoms with Crippen LogP contribution in [-0.2, 0) is 10.0 Å². The molecule has 0 atom stereocenters. The number of rotatable bonds is 2. The van der Waals surface area contributed by atoms with Gasteiger partial charge in [0.2, 0.25) is 10.0 Å². The van der Waals surface area contributed by atoms with E-state index in [2.05, 4.69) is 4.98 Å². The first-order valence-electron chi connectivity index (χ1n) is 5.51. The fourth-order valence-corrected chi connectivity index (χ4v) is 3.87. The van der Waals surface area contributed by atoms with Gasteiger partial charge in [-0.15, -0.1) is 11.3 Å². The molecule has 3 aromatic rings. The molecule has 0 fully saturated rings. The van der Waals surface area contributed by atoms with Gasteiger partial charge in [-0.05, 0) is 34.7 Å². The maximum Gasteiger partial charge on any atom is 0.247 e. The van der Waals surface area contributed by atoms with Crippen LogP contribution in [0, 0.1) is 0 Å². The standard InChI is InChI=1S/C13H10N2O2S2/c14-19(16,17)12-8-10-2-1-3-11(13(10)18-12)9-4-6-15-7-5-9/h1-8H,(H2,14,16,17). The molecule has 6 heteroatoms. The van der Waals surface area contributed by atoms with Crippen molar-refractivity contribution < 1.29 is 8.42 Å². The number of pyridine rings is 1. The molecule has 0 aliphatic heterocycles. The molecule has 0 aliphatic rings. The Kier molecular flexibility index (Phi) is 2.85. The van der Waals surface area contributed by atoms with Crippen molar-refractivity contribution in [1.82, 2.24) is 4.98 Å². The van der Waals surface area contributed by atoms with Crippen LogP contribution in [0.15, 0.2) is 53.0 Å². The molecular formula is C13H10N2O2S2. The second-order valence-electron chi connectivity index (χ2n) is 4.07. The van der Waals surface area contributed by atoms with E-state index in [9.17, 15) is 8.42 Å². The van der Waals surface area contributed by atoms with Crippen molar-refractivity contribution in [2.75, 3.05) is 0 Å². The molecule has 4 nitrogen and oxygen atoms in total. The van der Waals surface area contributed by atoms with Gasteiger partial charge in [-0.25, -0.2) is 13.6 Å². The van der Waals surface area contributed by atoms with Crippen LogP contribution >= 0.6 is 11.3 Å². The summed E-state index contributed by atoms with van der Waals surface area (Å²) in [5, 5.41) is 6.06. The Labute approximate surface area is 114 Å². The summed E-state index contributed by atoms with van der Waals surface area (Å²) in [5.41, 5.74) is 1.99. The number of aromatic nitrogens is 1. The fraction of sp³-hybridized carbons (Fsp3) is 0. The van der Waals surface area contributed by atoms with Gasteiger partial charge in [0, 0.05) is 17.1 Å². The fourth-order valence-electron chi connectivity index (χ4n) is 1.94. The zero-order valence-corrected chi connectivity index (χ0v) is 11.4. The number of hydrogen-bond donors (Lipinski definition) is 1. The van der Waals surface area contributed by atoms with Gasteiger partial charge in [-0.2, -0.15) is 0 Å². The Morgan fingerprint density at radius 3 is 2.53 bits per heavy atom. The maximum atomic E-state index is 11.4. The number of thiophene rings is 1. The zero-order chi connectivity index (χ0) is 13.5. The molecule has 0 saturated carbocycles. The minimum Gasteiger partial charge on any atom is -0.265 e. The Morgan fingerprint density at radius 1 is 1.11 bits per heavy atom. The minimum atomic E-state index is -3.66. The Bertz CT molecular complexity index is 839. The van der Waals surface area contributed by atoms with E-state index in [4.69, 9.17) is 5.14 Å². The first-order valence-corrected chi connectivity index (χ1v) is 7.88. The summed E-state index contributed by atoms with van der Waals surface area (Å²) in [5.74, 6) is 0. The van der Waals surface area contributed by atoms with Crippen LogP contribution in [0.5, 0.6) is 0 Å². The molecule has 0 aliphatic carbocycles. The van der Waals surface area contributed by atoms with E-state index in [1.165, 1.54) is 11.3 Å². The molecule has 96 valence electrons. The molecule has 0 unspecified atom stereocenters. The summed E-state index contributed by atoms with van der Waals surface area (Å²) >= 11 is 1.19. The largest absolute Gasteiger partial charge is 0.265 e. The lowest BCUT2D eigenvalue weighted by Crippen LogP contribution is -2.09. The average molecular weight is 290 g/mol. The molecule has 2 heterocycles. The topological polar surface area (TPSA) is 73.1 Å². The van der Waals surface area contributed by atoms with Crippen molar-refractivity contribution in [3.63, 3.8) is 0 Å². The number of sulfonamides is 1. The molecule has 1 aromatic carbocycles. The summed E-state index contributed by atoms with van der Waals surface area (Å²) in [7, 11) is -3.66. The molecule has 0 spiro atoms. The average Bonchev–Trinajstić information content (AvgIpc) is 2.83. The zero-order valence-electron chi connectivity index (χ0n) is 9.78. The van der Waals surface area contributed by atoms with Gasteiger partial charge in [0.25, 0.3) is 0 Å². The lowest BCUT2D eigenvalue weighted by atomic mass is 10.1. The van der Waals surface area contributed by atoms with E-state index < -0.39 is 10.0 Å². The maximum absolute atomic E-state index is 11.4. The van der Waals surface area contributed by atoms with Gasteiger partial charge < -0.3 is 0 Å². The SMILES string of the molecule is NS(=O)(=O)c1cc2cccc(-c3ccncc3)c2s1.